The summed E-state index contributed by atoms with van der Waals surface area (Å²) in [6.07, 6.45) is 74.3. The molecule has 72 heavy (non-hydrogen) atoms. The Bertz CT molecular complexity index is 1140. The van der Waals surface area contributed by atoms with Gasteiger partial charge >= 0.3 is 17.9 Å². The fourth-order valence-electron chi connectivity index (χ4n) is 9.49. The maximum Gasteiger partial charge on any atom is 0.306 e. The van der Waals surface area contributed by atoms with Crippen molar-refractivity contribution in [3.8, 4) is 0 Å². The lowest BCUT2D eigenvalue weighted by Gasteiger charge is -2.18. The van der Waals surface area contributed by atoms with Crippen molar-refractivity contribution < 1.29 is 28.6 Å². The molecule has 0 amide bonds. The first-order chi connectivity index (χ1) is 35.5. The molecule has 0 saturated carbocycles. The Morgan fingerprint density at radius 1 is 0.264 bits per heavy atom. The van der Waals surface area contributed by atoms with Crippen molar-refractivity contribution in [2.45, 2.75) is 354 Å². The van der Waals surface area contributed by atoms with Crippen LogP contribution in [0.15, 0.2) is 36.5 Å². The van der Waals surface area contributed by atoms with Crippen LogP contribution in [0.3, 0.4) is 0 Å². The molecule has 0 rings (SSSR count). The number of carbonyl (C=O) groups excluding carboxylic acids is 3. The average molecular weight is 1010 g/mol. The van der Waals surface area contributed by atoms with E-state index in [4.69, 9.17) is 14.2 Å². The lowest BCUT2D eigenvalue weighted by atomic mass is 10.1. The van der Waals surface area contributed by atoms with E-state index in [9.17, 15) is 14.4 Å². The van der Waals surface area contributed by atoms with Crippen LogP contribution in [0.4, 0.5) is 0 Å². The van der Waals surface area contributed by atoms with Gasteiger partial charge in [0.1, 0.15) is 13.2 Å². The van der Waals surface area contributed by atoms with Gasteiger partial charge in [0, 0.05) is 19.3 Å². The molecule has 0 fully saturated rings. The van der Waals surface area contributed by atoms with Crippen molar-refractivity contribution in [3.05, 3.63) is 36.5 Å². The fourth-order valence-corrected chi connectivity index (χ4v) is 9.49. The molecule has 6 heteroatoms. The number of esters is 3. The second-order valence-corrected chi connectivity index (χ2v) is 21.7. The first-order valence-corrected chi connectivity index (χ1v) is 32.0. The van der Waals surface area contributed by atoms with Gasteiger partial charge in [-0.05, 0) is 96.3 Å². The molecule has 0 aliphatic rings. The van der Waals surface area contributed by atoms with Crippen LogP contribution >= 0.6 is 0 Å². The topological polar surface area (TPSA) is 78.9 Å². The van der Waals surface area contributed by atoms with E-state index in [-0.39, 0.29) is 31.1 Å². The third-order valence-corrected chi connectivity index (χ3v) is 14.3. The van der Waals surface area contributed by atoms with Crippen molar-refractivity contribution in [3.63, 3.8) is 0 Å². The minimum absolute atomic E-state index is 0.0729. The van der Waals surface area contributed by atoms with Gasteiger partial charge in [-0.2, -0.15) is 0 Å². The van der Waals surface area contributed by atoms with Gasteiger partial charge in [0.05, 0.1) is 0 Å². The molecule has 0 atom stereocenters. The summed E-state index contributed by atoms with van der Waals surface area (Å²) in [4.78, 5) is 38.3. The van der Waals surface area contributed by atoms with E-state index in [0.29, 0.717) is 19.3 Å². The van der Waals surface area contributed by atoms with E-state index in [1.807, 2.05) is 0 Å². The number of ether oxygens (including phenoxy) is 3. The Hall–Kier alpha value is -2.37. The highest BCUT2D eigenvalue weighted by molar-refractivity contribution is 5.71. The molecule has 0 radical (unpaired) electrons. The summed E-state index contributed by atoms with van der Waals surface area (Å²) in [5.74, 6) is -0.860. The zero-order valence-corrected chi connectivity index (χ0v) is 48.5. The largest absolute Gasteiger partial charge is 0.462 e. The maximum atomic E-state index is 12.9. The monoisotopic (exact) mass is 1010 g/mol. The van der Waals surface area contributed by atoms with Crippen molar-refractivity contribution in [2.75, 3.05) is 13.2 Å². The Labute approximate surface area is 448 Å². The van der Waals surface area contributed by atoms with E-state index in [2.05, 4.69) is 57.2 Å². The lowest BCUT2D eigenvalue weighted by Crippen LogP contribution is -2.30. The van der Waals surface area contributed by atoms with E-state index in [1.54, 1.807) is 0 Å². The SMILES string of the molecule is CCCCCCCCC=CCCCCCCCCCCC(=O)OCC(COC(=O)CCCCCCCCCCC=CCCCCCCCC)OC(=O)CCCCCCCCCCC=CCCCCCCCC. The highest BCUT2D eigenvalue weighted by atomic mass is 16.6. The summed E-state index contributed by atoms with van der Waals surface area (Å²) < 4.78 is 16.9. The quantitative estimate of drug-likeness (QED) is 0.0261. The second kappa shape index (κ2) is 61.2. The minimum atomic E-state index is -0.776. The first-order valence-electron chi connectivity index (χ1n) is 32.0. The van der Waals surface area contributed by atoms with Crippen LogP contribution in [-0.2, 0) is 28.6 Å². The molecule has 0 aliphatic heterocycles. The zero-order valence-electron chi connectivity index (χ0n) is 48.5. The van der Waals surface area contributed by atoms with Gasteiger partial charge in [0.25, 0.3) is 0 Å². The molecule has 0 unspecified atom stereocenters. The van der Waals surface area contributed by atoms with Gasteiger partial charge in [0.15, 0.2) is 6.10 Å². The molecule has 422 valence electrons. The number of rotatable bonds is 59. The van der Waals surface area contributed by atoms with Gasteiger partial charge in [-0.25, -0.2) is 0 Å². The van der Waals surface area contributed by atoms with Crippen LogP contribution in [-0.4, -0.2) is 37.2 Å². The highest BCUT2D eigenvalue weighted by Gasteiger charge is 2.19. The van der Waals surface area contributed by atoms with Crippen molar-refractivity contribution >= 4 is 17.9 Å². The lowest BCUT2D eigenvalue weighted by molar-refractivity contribution is -0.167. The van der Waals surface area contributed by atoms with Crippen LogP contribution in [0.2, 0.25) is 0 Å². The molecule has 0 aromatic heterocycles. The number of allylic oxidation sites excluding steroid dienone is 6. The van der Waals surface area contributed by atoms with Gasteiger partial charge in [-0.3, -0.25) is 14.4 Å². The summed E-state index contributed by atoms with van der Waals surface area (Å²) in [5, 5.41) is 0. The number of carbonyl (C=O) groups is 3. The van der Waals surface area contributed by atoms with Crippen molar-refractivity contribution in [2.24, 2.45) is 0 Å². The third-order valence-electron chi connectivity index (χ3n) is 14.3. The summed E-state index contributed by atoms with van der Waals surface area (Å²) in [7, 11) is 0. The smallest absolute Gasteiger partial charge is 0.306 e. The molecule has 0 N–H and O–H groups in total. The first kappa shape index (κ1) is 69.6. The fraction of sp³-hybridized carbons (Fsp3) is 0.864. The average Bonchev–Trinajstić information content (AvgIpc) is 3.38. The Balaban J connectivity index is 4.35. The summed E-state index contributed by atoms with van der Waals surface area (Å²) in [6.45, 7) is 6.68. The molecule has 0 bridgehead atoms. The van der Waals surface area contributed by atoms with E-state index in [1.165, 1.54) is 250 Å². The number of unbranched alkanes of at least 4 members (excludes halogenated alkanes) is 42. The summed E-state index contributed by atoms with van der Waals surface area (Å²) >= 11 is 0. The van der Waals surface area contributed by atoms with Crippen molar-refractivity contribution in [1.82, 2.24) is 0 Å². The normalized spacial score (nSPS) is 12.2. The molecule has 6 nitrogen and oxygen atoms in total. The van der Waals surface area contributed by atoms with Crippen molar-refractivity contribution in [1.29, 1.82) is 0 Å². The zero-order chi connectivity index (χ0) is 52.2. The molecule has 0 aliphatic carbocycles. The van der Waals surface area contributed by atoms with E-state index >= 15 is 0 Å². The van der Waals surface area contributed by atoms with E-state index < -0.39 is 6.10 Å². The van der Waals surface area contributed by atoms with Crippen LogP contribution in [0, 0.1) is 0 Å². The second-order valence-electron chi connectivity index (χ2n) is 21.7. The minimum Gasteiger partial charge on any atom is -0.462 e. The van der Waals surface area contributed by atoms with Crippen LogP contribution in [0.1, 0.15) is 348 Å². The number of hydrogen-bond acceptors (Lipinski definition) is 6. The third kappa shape index (κ3) is 58.5. The summed E-state index contributed by atoms with van der Waals surface area (Å²) in [6, 6.07) is 0. The standard InChI is InChI=1S/C66H122O6/c1-4-7-10-13-16-19-22-25-28-31-34-37-40-43-46-49-52-55-58-64(67)70-61-63(72-66(69)60-57-54-51-48-45-42-39-36-33-30-27-24-21-18-15-12-9-6-3)62-71-65(68)59-56-53-50-47-44-41-38-35-32-29-26-23-20-17-14-11-8-5-2/h25-30,63H,4-24,31-62H2,1-3H3. The highest BCUT2D eigenvalue weighted by Crippen LogP contribution is 2.17. The predicted molar refractivity (Wildman–Crippen MR) is 312 cm³/mol. The van der Waals surface area contributed by atoms with E-state index in [0.717, 1.165) is 57.8 Å². The van der Waals surface area contributed by atoms with Gasteiger partial charge in [-0.1, -0.05) is 269 Å². The molecule has 0 aromatic rings. The van der Waals surface area contributed by atoms with Crippen LogP contribution < -0.4 is 0 Å². The molecular formula is C66H122O6. The number of hydrogen-bond donors (Lipinski definition) is 0. The summed E-state index contributed by atoms with van der Waals surface area (Å²) in [5.41, 5.74) is 0. The van der Waals surface area contributed by atoms with Crippen LogP contribution in [0.25, 0.3) is 0 Å². The van der Waals surface area contributed by atoms with Gasteiger partial charge < -0.3 is 14.2 Å². The van der Waals surface area contributed by atoms with Crippen LogP contribution in [0.5, 0.6) is 0 Å². The van der Waals surface area contributed by atoms with Gasteiger partial charge in [0.2, 0.25) is 0 Å². The van der Waals surface area contributed by atoms with Gasteiger partial charge in [-0.15, -0.1) is 0 Å². The Morgan fingerprint density at radius 2 is 0.458 bits per heavy atom. The molecule has 0 aromatic carbocycles. The Morgan fingerprint density at radius 3 is 0.694 bits per heavy atom. The Kier molecular flexibility index (Phi) is 59.2. The predicted octanol–water partition coefficient (Wildman–Crippen LogP) is 21.6. The molecule has 0 saturated heterocycles. The molecular weight excluding hydrogens is 889 g/mol. The molecule has 0 heterocycles. The molecule has 0 spiro atoms. The maximum absolute atomic E-state index is 12.9.